The third-order valence-electron chi connectivity index (χ3n) is 2.63. The average Bonchev–Trinajstić information content (AvgIpc) is 2.30. The topological polar surface area (TPSA) is 75.4 Å². The predicted octanol–water partition coefficient (Wildman–Crippen LogP) is 2.61. The molecule has 0 heterocycles. The molecule has 1 aromatic rings. The fourth-order valence-corrected chi connectivity index (χ4v) is 1.89. The van der Waals surface area contributed by atoms with Gasteiger partial charge in [0.1, 0.15) is 5.75 Å². The number of aromatic hydroxyl groups is 1. The number of nitrogens with two attached hydrogens (primary N) is 1. The number of anilines is 1. The Morgan fingerprint density at radius 1 is 1.50 bits per heavy atom. The number of carbonyl (C=O) groups excluding carboxylic acids is 1. The van der Waals surface area contributed by atoms with Crippen molar-refractivity contribution in [3.63, 3.8) is 0 Å². The van der Waals surface area contributed by atoms with Crippen LogP contribution in [0.1, 0.15) is 20.3 Å². The molecule has 0 saturated carbocycles. The summed E-state index contributed by atoms with van der Waals surface area (Å²) >= 11 is 5.77. The second kappa shape index (κ2) is 6.61. The fraction of sp³-hybridized carbons (Fsp3) is 0.462. The van der Waals surface area contributed by atoms with E-state index in [0.29, 0.717) is 18.2 Å². The zero-order valence-corrected chi connectivity index (χ0v) is 11.4. The minimum atomic E-state index is -0.211. The van der Waals surface area contributed by atoms with E-state index < -0.39 is 0 Å². The normalized spacial score (nSPS) is 12.5. The maximum absolute atomic E-state index is 12.0. The molecule has 1 atom stereocenters. The molecule has 1 aromatic carbocycles. The van der Waals surface area contributed by atoms with Crippen molar-refractivity contribution in [2.24, 2.45) is 17.6 Å². The van der Waals surface area contributed by atoms with Crippen LogP contribution in [0.15, 0.2) is 18.2 Å². The maximum Gasteiger partial charge on any atom is 0.228 e. The van der Waals surface area contributed by atoms with E-state index in [2.05, 4.69) is 5.32 Å². The van der Waals surface area contributed by atoms with Gasteiger partial charge in [0.2, 0.25) is 5.91 Å². The van der Waals surface area contributed by atoms with Crippen molar-refractivity contribution in [1.29, 1.82) is 0 Å². The number of hydrogen-bond acceptors (Lipinski definition) is 3. The fourth-order valence-electron chi connectivity index (χ4n) is 1.71. The first-order valence-electron chi connectivity index (χ1n) is 5.93. The van der Waals surface area contributed by atoms with E-state index in [0.717, 1.165) is 6.42 Å². The van der Waals surface area contributed by atoms with E-state index in [1.165, 1.54) is 12.1 Å². The van der Waals surface area contributed by atoms with Crippen LogP contribution in [0, 0.1) is 11.8 Å². The number of phenols is 1. The monoisotopic (exact) mass is 270 g/mol. The molecule has 18 heavy (non-hydrogen) atoms. The lowest BCUT2D eigenvalue weighted by atomic mass is 9.96. The van der Waals surface area contributed by atoms with Gasteiger partial charge in [-0.15, -0.1) is 0 Å². The van der Waals surface area contributed by atoms with E-state index in [9.17, 15) is 9.90 Å². The molecule has 100 valence electrons. The number of benzene rings is 1. The smallest absolute Gasteiger partial charge is 0.228 e. The summed E-state index contributed by atoms with van der Waals surface area (Å²) in [5, 5.41) is 12.2. The first-order chi connectivity index (χ1) is 8.43. The number of hydrogen-bond donors (Lipinski definition) is 3. The van der Waals surface area contributed by atoms with Gasteiger partial charge in [-0.3, -0.25) is 4.79 Å². The highest BCUT2D eigenvalue weighted by Crippen LogP contribution is 2.26. The second-order valence-electron chi connectivity index (χ2n) is 4.72. The van der Waals surface area contributed by atoms with Crippen LogP contribution >= 0.6 is 11.6 Å². The van der Waals surface area contributed by atoms with E-state index in [-0.39, 0.29) is 22.6 Å². The molecule has 0 aliphatic rings. The summed E-state index contributed by atoms with van der Waals surface area (Å²) in [5.74, 6) is 0.0745. The van der Waals surface area contributed by atoms with Crippen LogP contribution in [0.3, 0.4) is 0 Å². The first kappa shape index (κ1) is 14.8. The van der Waals surface area contributed by atoms with Crippen molar-refractivity contribution in [1.82, 2.24) is 0 Å². The van der Waals surface area contributed by atoms with E-state index in [4.69, 9.17) is 17.3 Å². The molecule has 1 unspecified atom stereocenters. The van der Waals surface area contributed by atoms with Crippen molar-refractivity contribution >= 4 is 23.2 Å². The number of rotatable bonds is 5. The van der Waals surface area contributed by atoms with Crippen LogP contribution in [0.25, 0.3) is 0 Å². The van der Waals surface area contributed by atoms with Gasteiger partial charge in [0.25, 0.3) is 0 Å². The summed E-state index contributed by atoms with van der Waals surface area (Å²) in [6, 6.07) is 4.55. The molecule has 1 rings (SSSR count). The lowest BCUT2D eigenvalue weighted by Gasteiger charge is -2.17. The number of phenolic OH excluding ortho intramolecular Hbond substituents is 1. The van der Waals surface area contributed by atoms with Crippen molar-refractivity contribution < 1.29 is 9.90 Å². The van der Waals surface area contributed by atoms with Gasteiger partial charge in [0, 0.05) is 12.2 Å². The van der Waals surface area contributed by atoms with Crippen molar-refractivity contribution in [2.75, 3.05) is 11.9 Å². The molecule has 0 bridgehead atoms. The van der Waals surface area contributed by atoms with Crippen molar-refractivity contribution in [3.05, 3.63) is 23.2 Å². The lowest BCUT2D eigenvalue weighted by molar-refractivity contribution is -0.120. The Kier molecular flexibility index (Phi) is 5.44. The van der Waals surface area contributed by atoms with Gasteiger partial charge in [0.05, 0.1) is 10.9 Å². The van der Waals surface area contributed by atoms with Crippen LogP contribution in [0.2, 0.25) is 5.02 Å². The van der Waals surface area contributed by atoms with E-state index in [1.54, 1.807) is 6.07 Å². The SMILES string of the molecule is CC(C)CC(CN)C(=O)Nc1ccc(O)c(Cl)c1. The number of carbonyl (C=O) groups is 1. The Morgan fingerprint density at radius 2 is 2.17 bits per heavy atom. The molecular formula is C13H19ClN2O2. The van der Waals surface area contributed by atoms with E-state index >= 15 is 0 Å². The Morgan fingerprint density at radius 3 is 2.67 bits per heavy atom. The summed E-state index contributed by atoms with van der Waals surface area (Å²) in [4.78, 5) is 12.0. The molecule has 0 fully saturated rings. The maximum atomic E-state index is 12.0. The first-order valence-corrected chi connectivity index (χ1v) is 6.31. The molecule has 0 radical (unpaired) electrons. The van der Waals surface area contributed by atoms with Gasteiger partial charge >= 0.3 is 0 Å². The summed E-state index contributed by atoms with van der Waals surface area (Å²) < 4.78 is 0. The molecule has 1 amide bonds. The molecule has 0 aromatic heterocycles. The van der Waals surface area contributed by atoms with E-state index in [1.807, 2.05) is 13.8 Å². The number of nitrogens with one attached hydrogen (secondary N) is 1. The summed E-state index contributed by atoms with van der Waals surface area (Å²) in [7, 11) is 0. The molecular weight excluding hydrogens is 252 g/mol. The Hall–Kier alpha value is -1.26. The van der Waals surface area contributed by atoms with Crippen LogP contribution in [0.5, 0.6) is 5.75 Å². The Balaban J connectivity index is 2.70. The van der Waals surface area contributed by atoms with Gasteiger partial charge in [0.15, 0.2) is 0 Å². The van der Waals surface area contributed by atoms with Gasteiger partial charge in [-0.05, 0) is 30.5 Å². The van der Waals surface area contributed by atoms with Crippen molar-refractivity contribution in [2.45, 2.75) is 20.3 Å². The highest BCUT2D eigenvalue weighted by atomic mass is 35.5. The molecule has 4 nitrogen and oxygen atoms in total. The minimum absolute atomic E-state index is 0.00720. The third-order valence-corrected chi connectivity index (χ3v) is 2.93. The van der Waals surface area contributed by atoms with Gasteiger partial charge in [-0.25, -0.2) is 0 Å². The third kappa shape index (κ3) is 4.20. The largest absolute Gasteiger partial charge is 0.506 e. The van der Waals surface area contributed by atoms with Crippen LogP contribution in [-0.2, 0) is 4.79 Å². The zero-order valence-electron chi connectivity index (χ0n) is 10.6. The standard InChI is InChI=1S/C13H19ClN2O2/c1-8(2)5-9(7-15)13(18)16-10-3-4-12(17)11(14)6-10/h3-4,6,8-9,17H,5,7,15H2,1-2H3,(H,16,18). The quantitative estimate of drug-likeness (QED) is 0.720. The zero-order chi connectivity index (χ0) is 13.7. The van der Waals surface area contributed by atoms with Crippen LogP contribution in [-0.4, -0.2) is 17.6 Å². The summed E-state index contributed by atoms with van der Waals surface area (Å²) in [6.45, 7) is 4.41. The van der Waals surface area contributed by atoms with Crippen LogP contribution < -0.4 is 11.1 Å². The minimum Gasteiger partial charge on any atom is -0.506 e. The summed E-state index contributed by atoms with van der Waals surface area (Å²) in [5.41, 5.74) is 6.16. The predicted molar refractivity (Wildman–Crippen MR) is 73.7 cm³/mol. The summed E-state index contributed by atoms with van der Waals surface area (Å²) in [6.07, 6.45) is 0.744. The lowest BCUT2D eigenvalue weighted by Crippen LogP contribution is -2.30. The van der Waals surface area contributed by atoms with Gasteiger partial charge in [-0.2, -0.15) is 0 Å². The molecule has 5 heteroatoms. The molecule has 0 aliphatic carbocycles. The molecule has 0 saturated heterocycles. The molecule has 4 N–H and O–H groups in total. The van der Waals surface area contributed by atoms with Gasteiger partial charge in [-0.1, -0.05) is 25.4 Å². The molecule has 0 aliphatic heterocycles. The molecule has 0 spiro atoms. The Labute approximate surface area is 112 Å². The van der Waals surface area contributed by atoms with Crippen molar-refractivity contribution in [3.8, 4) is 5.75 Å². The Bertz CT molecular complexity index is 421. The van der Waals surface area contributed by atoms with Crippen LogP contribution in [0.4, 0.5) is 5.69 Å². The average molecular weight is 271 g/mol. The highest BCUT2D eigenvalue weighted by molar-refractivity contribution is 6.32. The highest BCUT2D eigenvalue weighted by Gasteiger charge is 2.18. The number of halogens is 1. The van der Waals surface area contributed by atoms with Gasteiger partial charge < -0.3 is 16.2 Å². The second-order valence-corrected chi connectivity index (χ2v) is 5.12. The number of amides is 1.